The van der Waals surface area contributed by atoms with Crippen LogP contribution in [0, 0.1) is 5.92 Å². The van der Waals surface area contributed by atoms with Gasteiger partial charge in [0, 0.05) is 17.7 Å². The minimum Gasteiger partial charge on any atom is -0.496 e. The minimum atomic E-state index is 0.441. The zero-order valence-electron chi connectivity index (χ0n) is 11.7. The van der Waals surface area contributed by atoms with Gasteiger partial charge in [0.05, 0.1) is 7.11 Å². The van der Waals surface area contributed by atoms with E-state index in [1.165, 1.54) is 18.4 Å². The van der Waals surface area contributed by atoms with Crippen molar-refractivity contribution >= 4 is 17.2 Å². The summed E-state index contributed by atoms with van der Waals surface area (Å²) in [6, 6.07) is 5.93. The lowest BCUT2D eigenvalue weighted by molar-refractivity contribution is 0.183. The first-order valence-electron chi connectivity index (χ1n) is 6.79. The van der Waals surface area contributed by atoms with E-state index >= 15 is 0 Å². The van der Waals surface area contributed by atoms with Gasteiger partial charge in [0.1, 0.15) is 10.7 Å². The van der Waals surface area contributed by atoms with Crippen LogP contribution < -0.4 is 10.5 Å². The van der Waals surface area contributed by atoms with E-state index in [0.29, 0.717) is 4.99 Å². The molecule has 1 aromatic carbocycles. The topological polar surface area (TPSA) is 38.5 Å². The van der Waals surface area contributed by atoms with Gasteiger partial charge in [-0.25, -0.2) is 0 Å². The van der Waals surface area contributed by atoms with Crippen LogP contribution in [0.4, 0.5) is 0 Å². The molecule has 1 heterocycles. The maximum Gasteiger partial charge on any atom is 0.123 e. The number of hydrogen-bond donors (Lipinski definition) is 1. The Morgan fingerprint density at radius 3 is 2.68 bits per heavy atom. The molecule has 104 valence electrons. The Morgan fingerprint density at radius 1 is 1.42 bits per heavy atom. The average molecular weight is 278 g/mol. The fraction of sp³-hybridized carbons (Fsp3) is 0.533. The molecule has 1 aliphatic rings. The molecule has 4 heteroatoms. The van der Waals surface area contributed by atoms with Crippen molar-refractivity contribution in [1.29, 1.82) is 0 Å². The molecule has 2 rings (SSSR count). The van der Waals surface area contributed by atoms with Crippen LogP contribution in [0.15, 0.2) is 18.2 Å². The number of methoxy groups -OCH3 is 1. The van der Waals surface area contributed by atoms with Crippen LogP contribution in [0.3, 0.4) is 0 Å². The Bertz CT molecular complexity index is 453. The van der Waals surface area contributed by atoms with E-state index in [2.05, 4.69) is 17.9 Å². The van der Waals surface area contributed by atoms with Crippen LogP contribution in [0.25, 0.3) is 0 Å². The molecule has 0 bridgehead atoms. The largest absolute Gasteiger partial charge is 0.496 e. The van der Waals surface area contributed by atoms with Crippen LogP contribution in [0.1, 0.15) is 30.9 Å². The summed E-state index contributed by atoms with van der Waals surface area (Å²) < 4.78 is 5.43. The summed E-state index contributed by atoms with van der Waals surface area (Å²) in [5.74, 6) is 1.76. The highest BCUT2D eigenvalue weighted by Crippen LogP contribution is 2.24. The second-order valence-corrected chi connectivity index (χ2v) is 5.79. The van der Waals surface area contributed by atoms with Crippen LogP contribution >= 0.6 is 12.2 Å². The summed E-state index contributed by atoms with van der Waals surface area (Å²) >= 11 is 5.04. The molecule has 0 aromatic heterocycles. The number of piperidine rings is 1. The number of benzene rings is 1. The molecule has 0 amide bonds. The van der Waals surface area contributed by atoms with E-state index in [0.717, 1.165) is 36.9 Å². The molecule has 1 saturated heterocycles. The van der Waals surface area contributed by atoms with Gasteiger partial charge in [-0.1, -0.05) is 19.1 Å². The Morgan fingerprint density at radius 2 is 2.11 bits per heavy atom. The molecule has 0 saturated carbocycles. The van der Waals surface area contributed by atoms with E-state index in [9.17, 15) is 0 Å². The first-order chi connectivity index (χ1) is 9.10. The van der Waals surface area contributed by atoms with Crippen molar-refractivity contribution in [2.75, 3.05) is 20.2 Å². The van der Waals surface area contributed by atoms with Gasteiger partial charge in [-0.15, -0.1) is 0 Å². The van der Waals surface area contributed by atoms with Crippen molar-refractivity contribution in [3.8, 4) is 5.75 Å². The zero-order chi connectivity index (χ0) is 13.8. The highest BCUT2D eigenvalue weighted by molar-refractivity contribution is 7.80. The fourth-order valence-electron chi connectivity index (χ4n) is 2.52. The molecule has 1 aliphatic heterocycles. The number of rotatable bonds is 4. The monoisotopic (exact) mass is 278 g/mol. The van der Waals surface area contributed by atoms with Gasteiger partial charge in [0.2, 0.25) is 0 Å². The lowest BCUT2D eigenvalue weighted by atomic mass is 9.98. The van der Waals surface area contributed by atoms with Gasteiger partial charge in [0.25, 0.3) is 0 Å². The molecule has 1 fully saturated rings. The van der Waals surface area contributed by atoms with Crippen molar-refractivity contribution in [3.05, 3.63) is 29.3 Å². The summed E-state index contributed by atoms with van der Waals surface area (Å²) in [6.45, 7) is 5.54. The van der Waals surface area contributed by atoms with Crippen molar-refractivity contribution in [2.45, 2.75) is 26.3 Å². The zero-order valence-corrected chi connectivity index (χ0v) is 12.5. The lowest BCUT2D eigenvalue weighted by Gasteiger charge is -2.30. The number of ether oxygens (including phenoxy) is 1. The van der Waals surface area contributed by atoms with Crippen LogP contribution in [0.2, 0.25) is 0 Å². The number of nitrogens with zero attached hydrogens (tertiary/aromatic N) is 1. The van der Waals surface area contributed by atoms with Gasteiger partial charge < -0.3 is 10.5 Å². The van der Waals surface area contributed by atoms with Crippen molar-refractivity contribution in [2.24, 2.45) is 11.7 Å². The van der Waals surface area contributed by atoms with E-state index in [1.54, 1.807) is 7.11 Å². The molecule has 1 aromatic rings. The third kappa shape index (κ3) is 3.67. The molecule has 2 N–H and O–H groups in total. The van der Waals surface area contributed by atoms with E-state index in [-0.39, 0.29) is 0 Å². The Hall–Kier alpha value is -1.13. The first kappa shape index (κ1) is 14.3. The summed E-state index contributed by atoms with van der Waals surface area (Å²) in [6.07, 6.45) is 2.55. The van der Waals surface area contributed by atoms with Crippen LogP contribution in [-0.2, 0) is 6.54 Å². The SMILES string of the molecule is COc1ccc(C(N)=S)cc1CN1CCC(C)CC1. The highest BCUT2D eigenvalue weighted by atomic mass is 32.1. The van der Waals surface area contributed by atoms with Gasteiger partial charge in [0.15, 0.2) is 0 Å². The quantitative estimate of drug-likeness (QED) is 0.859. The van der Waals surface area contributed by atoms with E-state index < -0.39 is 0 Å². The average Bonchev–Trinajstić information content (AvgIpc) is 2.41. The van der Waals surface area contributed by atoms with Crippen molar-refractivity contribution in [1.82, 2.24) is 4.90 Å². The second kappa shape index (κ2) is 6.35. The molecular weight excluding hydrogens is 256 g/mol. The fourth-order valence-corrected chi connectivity index (χ4v) is 2.64. The van der Waals surface area contributed by atoms with E-state index in [4.69, 9.17) is 22.7 Å². The standard InChI is InChI=1S/C15H22N2OS/c1-11-5-7-17(8-6-11)10-13-9-12(15(16)19)3-4-14(13)18-2/h3-4,9,11H,5-8,10H2,1-2H3,(H2,16,19). The van der Waals surface area contributed by atoms with Crippen molar-refractivity contribution < 1.29 is 4.74 Å². The maximum atomic E-state index is 5.70. The normalized spacial score (nSPS) is 17.4. The molecule has 0 spiro atoms. The third-order valence-corrected chi connectivity index (χ3v) is 4.07. The number of hydrogen-bond acceptors (Lipinski definition) is 3. The molecule has 0 atom stereocenters. The van der Waals surface area contributed by atoms with E-state index in [1.807, 2.05) is 12.1 Å². The van der Waals surface area contributed by atoms with Gasteiger partial charge in [-0.3, -0.25) is 4.90 Å². The predicted octanol–water partition coefficient (Wildman–Crippen LogP) is 2.56. The number of likely N-dealkylation sites (tertiary alicyclic amines) is 1. The molecule has 0 aliphatic carbocycles. The first-order valence-corrected chi connectivity index (χ1v) is 7.20. The second-order valence-electron chi connectivity index (χ2n) is 5.35. The number of nitrogens with two attached hydrogens (primary N) is 1. The smallest absolute Gasteiger partial charge is 0.123 e. The van der Waals surface area contributed by atoms with Crippen molar-refractivity contribution in [3.63, 3.8) is 0 Å². The van der Waals surface area contributed by atoms with Crippen LogP contribution in [0.5, 0.6) is 5.75 Å². The lowest BCUT2D eigenvalue weighted by Crippen LogP contribution is -2.32. The Labute approximate surface area is 120 Å². The van der Waals surface area contributed by atoms with Gasteiger partial charge in [-0.05, 0) is 50.0 Å². The highest BCUT2D eigenvalue weighted by Gasteiger charge is 2.17. The molecule has 3 nitrogen and oxygen atoms in total. The molecule has 0 radical (unpaired) electrons. The molecular formula is C15H22N2OS. The summed E-state index contributed by atoms with van der Waals surface area (Å²) in [7, 11) is 1.71. The maximum absolute atomic E-state index is 5.70. The number of thiocarbonyl (C=S) groups is 1. The third-order valence-electron chi connectivity index (χ3n) is 3.84. The van der Waals surface area contributed by atoms with Gasteiger partial charge >= 0.3 is 0 Å². The van der Waals surface area contributed by atoms with Gasteiger partial charge in [-0.2, -0.15) is 0 Å². The minimum absolute atomic E-state index is 0.441. The summed E-state index contributed by atoms with van der Waals surface area (Å²) in [5, 5.41) is 0. The predicted molar refractivity (Wildman–Crippen MR) is 82.6 cm³/mol. The Kier molecular flexibility index (Phi) is 4.77. The van der Waals surface area contributed by atoms with Crippen LogP contribution in [-0.4, -0.2) is 30.1 Å². The molecule has 19 heavy (non-hydrogen) atoms. The Balaban J connectivity index is 2.13. The summed E-state index contributed by atoms with van der Waals surface area (Å²) in [5.41, 5.74) is 7.78. The summed E-state index contributed by atoms with van der Waals surface area (Å²) in [4.78, 5) is 2.91. The molecule has 0 unspecified atom stereocenters.